The first-order chi connectivity index (χ1) is 8.35. The predicted octanol–water partition coefficient (Wildman–Crippen LogP) is 2.10. The van der Waals surface area contributed by atoms with Crippen LogP contribution in [0.2, 0.25) is 10.0 Å². The Labute approximate surface area is 117 Å². The van der Waals surface area contributed by atoms with Crippen molar-refractivity contribution < 1.29 is 8.42 Å². The van der Waals surface area contributed by atoms with Crippen molar-refractivity contribution in [1.82, 2.24) is 4.31 Å². The van der Waals surface area contributed by atoms with E-state index >= 15 is 0 Å². The van der Waals surface area contributed by atoms with Crippen molar-refractivity contribution in [3.8, 4) is 0 Å². The first-order valence-electron chi connectivity index (χ1n) is 5.57. The molecular weight excluding hydrogens is 295 g/mol. The third-order valence-corrected chi connectivity index (χ3v) is 6.18. The summed E-state index contributed by atoms with van der Waals surface area (Å²) in [6.07, 6.45) is 0.641. The van der Waals surface area contributed by atoms with E-state index in [0.29, 0.717) is 13.0 Å². The highest BCUT2D eigenvalue weighted by Crippen LogP contribution is 2.34. The molecule has 1 aromatic rings. The number of hydrogen-bond donors (Lipinski definition) is 1. The number of hydrogen-bond acceptors (Lipinski definition) is 3. The zero-order chi connectivity index (χ0) is 13.5. The molecule has 2 unspecified atom stereocenters. The van der Waals surface area contributed by atoms with Crippen molar-refractivity contribution in [3.63, 3.8) is 0 Å². The highest BCUT2D eigenvalue weighted by molar-refractivity contribution is 7.89. The van der Waals surface area contributed by atoms with Crippen LogP contribution in [0, 0.1) is 0 Å². The van der Waals surface area contributed by atoms with Gasteiger partial charge in [0.2, 0.25) is 10.0 Å². The number of rotatable bonds is 2. The smallest absolute Gasteiger partial charge is 0.246 e. The molecule has 0 saturated carbocycles. The largest absolute Gasteiger partial charge is 0.326 e. The average Bonchev–Trinajstić information content (AvgIpc) is 2.59. The number of nitrogens with zero attached hydrogens (tertiary/aromatic N) is 1. The van der Waals surface area contributed by atoms with Crippen LogP contribution in [0.4, 0.5) is 0 Å². The summed E-state index contributed by atoms with van der Waals surface area (Å²) in [4.78, 5) is -0.0331. The van der Waals surface area contributed by atoms with Crippen molar-refractivity contribution >= 4 is 33.2 Å². The van der Waals surface area contributed by atoms with E-state index < -0.39 is 10.0 Å². The van der Waals surface area contributed by atoms with Crippen molar-refractivity contribution in [1.29, 1.82) is 0 Å². The van der Waals surface area contributed by atoms with Crippen LogP contribution in [0.1, 0.15) is 13.3 Å². The van der Waals surface area contributed by atoms with E-state index in [0.717, 1.165) is 0 Å². The van der Waals surface area contributed by atoms with Crippen LogP contribution in [-0.2, 0) is 10.0 Å². The van der Waals surface area contributed by atoms with Crippen molar-refractivity contribution in [3.05, 3.63) is 28.2 Å². The predicted molar refractivity (Wildman–Crippen MR) is 72.4 cm³/mol. The lowest BCUT2D eigenvalue weighted by molar-refractivity contribution is 0.393. The molecule has 1 saturated heterocycles. The fraction of sp³-hybridized carbons (Fsp3) is 0.455. The van der Waals surface area contributed by atoms with Gasteiger partial charge in [0.15, 0.2) is 0 Å². The van der Waals surface area contributed by atoms with Gasteiger partial charge in [-0.1, -0.05) is 29.3 Å². The summed E-state index contributed by atoms with van der Waals surface area (Å²) in [5.41, 5.74) is 5.85. The molecule has 1 aromatic carbocycles. The Morgan fingerprint density at radius 3 is 2.33 bits per heavy atom. The molecule has 4 nitrogen and oxygen atoms in total. The van der Waals surface area contributed by atoms with E-state index in [-0.39, 0.29) is 27.0 Å². The minimum atomic E-state index is -3.69. The van der Waals surface area contributed by atoms with E-state index in [1.165, 1.54) is 16.4 Å². The average molecular weight is 309 g/mol. The molecule has 0 aromatic heterocycles. The molecular formula is C11H14Cl2N2O2S. The molecule has 1 aliphatic rings. The van der Waals surface area contributed by atoms with Gasteiger partial charge in [0.1, 0.15) is 4.90 Å². The Balaban J connectivity index is 2.50. The van der Waals surface area contributed by atoms with E-state index in [9.17, 15) is 8.42 Å². The van der Waals surface area contributed by atoms with Crippen LogP contribution in [0.25, 0.3) is 0 Å². The fourth-order valence-electron chi connectivity index (χ4n) is 2.12. The van der Waals surface area contributed by atoms with E-state index in [2.05, 4.69) is 0 Å². The molecule has 0 amide bonds. The van der Waals surface area contributed by atoms with Crippen molar-refractivity contribution in [2.45, 2.75) is 30.3 Å². The molecule has 1 fully saturated rings. The Bertz CT molecular complexity index is 542. The van der Waals surface area contributed by atoms with Gasteiger partial charge in [0.25, 0.3) is 0 Å². The van der Waals surface area contributed by atoms with Crippen molar-refractivity contribution in [2.24, 2.45) is 5.73 Å². The highest BCUT2D eigenvalue weighted by atomic mass is 35.5. The fourth-order valence-corrected chi connectivity index (χ4v) is 4.91. The first-order valence-corrected chi connectivity index (χ1v) is 7.76. The van der Waals surface area contributed by atoms with E-state index in [4.69, 9.17) is 28.9 Å². The molecule has 0 spiro atoms. The lowest BCUT2D eigenvalue weighted by atomic mass is 10.2. The third kappa shape index (κ3) is 2.26. The molecule has 100 valence electrons. The lowest BCUT2D eigenvalue weighted by Crippen LogP contribution is -2.40. The maximum Gasteiger partial charge on any atom is 0.246 e. The summed E-state index contributed by atoms with van der Waals surface area (Å²) in [7, 11) is -3.69. The minimum Gasteiger partial charge on any atom is -0.326 e. The second-order valence-corrected chi connectivity index (χ2v) is 7.00. The highest BCUT2D eigenvalue weighted by Gasteiger charge is 2.39. The van der Waals surface area contributed by atoms with Gasteiger partial charge in [-0.3, -0.25) is 0 Å². The number of sulfonamides is 1. The SMILES string of the molecule is CC1C(N)CCN1S(=O)(=O)c1c(Cl)cccc1Cl. The Morgan fingerprint density at radius 1 is 1.33 bits per heavy atom. The number of nitrogens with two attached hydrogens (primary N) is 1. The van der Waals surface area contributed by atoms with E-state index in [1.807, 2.05) is 0 Å². The molecule has 0 bridgehead atoms. The van der Waals surface area contributed by atoms with Gasteiger partial charge in [-0.15, -0.1) is 0 Å². The monoisotopic (exact) mass is 308 g/mol. The van der Waals surface area contributed by atoms with Crippen molar-refractivity contribution in [2.75, 3.05) is 6.54 Å². The maximum absolute atomic E-state index is 12.5. The molecule has 0 radical (unpaired) electrons. The quantitative estimate of drug-likeness (QED) is 0.910. The molecule has 7 heteroatoms. The molecule has 2 atom stereocenters. The Hall–Kier alpha value is -0.330. The topological polar surface area (TPSA) is 63.4 Å². The summed E-state index contributed by atoms with van der Waals surface area (Å²) in [6, 6.07) is 4.24. The van der Waals surface area contributed by atoms with Crippen LogP contribution in [-0.4, -0.2) is 31.4 Å². The molecule has 0 aliphatic carbocycles. The van der Waals surface area contributed by atoms with E-state index in [1.54, 1.807) is 13.0 Å². The zero-order valence-corrected chi connectivity index (χ0v) is 12.1. The number of benzene rings is 1. The second kappa shape index (κ2) is 4.98. The normalized spacial score (nSPS) is 25.6. The van der Waals surface area contributed by atoms with Gasteiger partial charge in [-0.25, -0.2) is 8.42 Å². The van der Waals surface area contributed by atoms with Gasteiger partial charge < -0.3 is 5.73 Å². The van der Waals surface area contributed by atoms with Gasteiger partial charge in [0.05, 0.1) is 10.0 Å². The standard InChI is InChI=1S/C11H14Cl2N2O2S/c1-7-10(14)5-6-15(7)18(16,17)11-8(12)3-2-4-9(11)13/h2-4,7,10H,5-6,14H2,1H3. The van der Waals surface area contributed by atoms with Crippen LogP contribution >= 0.6 is 23.2 Å². The van der Waals surface area contributed by atoms with Gasteiger partial charge in [-0.2, -0.15) is 4.31 Å². The second-order valence-electron chi connectivity index (χ2n) is 4.36. The van der Waals surface area contributed by atoms with Crippen LogP contribution in [0.3, 0.4) is 0 Å². The summed E-state index contributed by atoms with van der Waals surface area (Å²) in [5.74, 6) is 0. The summed E-state index contributed by atoms with van der Waals surface area (Å²) in [5, 5.41) is 0.269. The maximum atomic E-state index is 12.5. The van der Waals surface area contributed by atoms with Gasteiger partial charge in [0, 0.05) is 18.6 Å². The Morgan fingerprint density at radius 2 is 1.89 bits per heavy atom. The summed E-state index contributed by atoms with van der Waals surface area (Å²) >= 11 is 11.9. The first kappa shape index (κ1) is 14.1. The molecule has 18 heavy (non-hydrogen) atoms. The third-order valence-electron chi connectivity index (χ3n) is 3.24. The molecule has 1 heterocycles. The van der Waals surface area contributed by atoms with Gasteiger partial charge >= 0.3 is 0 Å². The van der Waals surface area contributed by atoms with Crippen LogP contribution in [0.15, 0.2) is 23.1 Å². The molecule has 2 N–H and O–H groups in total. The van der Waals surface area contributed by atoms with Crippen LogP contribution in [0.5, 0.6) is 0 Å². The summed E-state index contributed by atoms with van der Waals surface area (Å²) < 4.78 is 26.4. The minimum absolute atomic E-state index is 0.0331. The molecule has 1 aliphatic heterocycles. The number of halogens is 2. The van der Waals surface area contributed by atoms with Crippen LogP contribution < -0.4 is 5.73 Å². The molecule has 2 rings (SSSR count). The Kier molecular flexibility index (Phi) is 3.90. The summed E-state index contributed by atoms with van der Waals surface area (Å²) in [6.45, 7) is 2.19. The lowest BCUT2D eigenvalue weighted by Gasteiger charge is -2.23. The van der Waals surface area contributed by atoms with Gasteiger partial charge in [-0.05, 0) is 25.5 Å². The zero-order valence-electron chi connectivity index (χ0n) is 9.81.